The molecular formula is C16H20N4O2S2. The van der Waals surface area contributed by atoms with E-state index < -0.39 is 0 Å². The van der Waals surface area contributed by atoms with E-state index in [-0.39, 0.29) is 6.10 Å². The van der Waals surface area contributed by atoms with E-state index in [0.717, 1.165) is 60.8 Å². The first-order valence-corrected chi connectivity index (χ1v) is 9.92. The predicted molar refractivity (Wildman–Crippen MR) is 94.8 cm³/mol. The average molecular weight is 364 g/mol. The number of ether oxygens (including phenoxy) is 2. The summed E-state index contributed by atoms with van der Waals surface area (Å²) in [5.74, 6) is 0. The summed E-state index contributed by atoms with van der Waals surface area (Å²) in [6.07, 6.45) is 5.87. The summed E-state index contributed by atoms with van der Waals surface area (Å²) in [6.45, 7) is 4.13. The molecule has 0 bridgehead atoms. The lowest BCUT2D eigenvalue weighted by molar-refractivity contribution is 0.0176. The molecule has 2 aromatic rings. The van der Waals surface area contributed by atoms with E-state index in [2.05, 4.69) is 26.1 Å². The van der Waals surface area contributed by atoms with Crippen molar-refractivity contribution in [2.24, 2.45) is 0 Å². The molecule has 2 fully saturated rings. The second kappa shape index (κ2) is 7.77. The van der Waals surface area contributed by atoms with Crippen molar-refractivity contribution >= 4 is 28.2 Å². The Balaban J connectivity index is 1.37. The minimum absolute atomic E-state index is 0.136. The molecule has 128 valence electrons. The summed E-state index contributed by atoms with van der Waals surface area (Å²) >= 11 is 3.52. The number of nitrogens with zero attached hydrogens (tertiary/aromatic N) is 4. The fourth-order valence-electron chi connectivity index (χ4n) is 2.95. The van der Waals surface area contributed by atoms with E-state index in [4.69, 9.17) is 9.47 Å². The van der Waals surface area contributed by atoms with Gasteiger partial charge in [0.05, 0.1) is 19.3 Å². The maximum Gasteiger partial charge on any atom is 0.209 e. The van der Waals surface area contributed by atoms with Crippen LogP contribution in [0.5, 0.6) is 0 Å². The molecule has 8 heteroatoms. The van der Waals surface area contributed by atoms with Crippen LogP contribution >= 0.6 is 23.1 Å². The summed E-state index contributed by atoms with van der Waals surface area (Å²) in [7, 11) is 0. The number of thioether (sulfide) groups is 1. The van der Waals surface area contributed by atoms with Crippen LogP contribution in [0.25, 0.3) is 0 Å². The zero-order valence-electron chi connectivity index (χ0n) is 13.3. The molecule has 0 spiro atoms. The highest BCUT2D eigenvalue weighted by molar-refractivity contribution is 8.01. The van der Waals surface area contributed by atoms with Gasteiger partial charge in [0.1, 0.15) is 0 Å². The first-order valence-electron chi connectivity index (χ1n) is 8.23. The van der Waals surface area contributed by atoms with Gasteiger partial charge < -0.3 is 14.4 Å². The highest BCUT2D eigenvalue weighted by Crippen LogP contribution is 2.39. The molecule has 6 nitrogen and oxygen atoms in total. The number of hydrogen-bond acceptors (Lipinski definition) is 8. The van der Waals surface area contributed by atoms with Gasteiger partial charge in [0.25, 0.3) is 0 Å². The van der Waals surface area contributed by atoms with Crippen molar-refractivity contribution in [1.29, 1.82) is 0 Å². The zero-order chi connectivity index (χ0) is 16.2. The molecule has 2 unspecified atom stereocenters. The predicted octanol–water partition coefficient (Wildman–Crippen LogP) is 2.78. The molecule has 0 saturated carbocycles. The molecular weight excluding hydrogens is 344 g/mol. The molecule has 0 radical (unpaired) electrons. The number of aromatic nitrogens is 3. The molecule has 2 aliphatic rings. The minimum Gasteiger partial charge on any atom is -0.378 e. The van der Waals surface area contributed by atoms with Crippen molar-refractivity contribution in [2.75, 3.05) is 37.8 Å². The first kappa shape index (κ1) is 16.3. The molecule has 0 amide bonds. The number of morpholine rings is 1. The lowest BCUT2D eigenvalue weighted by Crippen LogP contribution is -2.36. The molecule has 2 aliphatic heterocycles. The van der Waals surface area contributed by atoms with Gasteiger partial charge >= 0.3 is 0 Å². The van der Waals surface area contributed by atoms with Gasteiger partial charge in [-0.05, 0) is 24.5 Å². The molecule has 2 saturated heterocycles. The van der Waals surface area contributed by atoms with Crippen LogP contribution in [0.2, 0.25) is 0 Å². The van der Waals surface area contributed by atoms with Gasteiger partial charge in [0, 0.05) is 37.3 Å². The Morgan fingerprint density at radius 2 is 2.12 bits per heavy atom. The molecule has 2 aromatic heterocycles. The second-order valence-electron chi connectivity index (χ2n) is 5.86. The second-order valence-corrected chi connectivity index (χ2v) is 8.36. The third kappa shape index (κ3) is 3.88. The summed E-state index contributed by atoms with van der Waals surface area (Å²) in [5.41, 5.74) is 1.16. The lowest BCUT2D eigenvalue weighted by Gasteiger charge is -2.28. The Kier molecular flexibility index (Phi) is 5.27. The average Bonchev–Trinajstić information content (AvgIpc) is 3.12. The van der Waals surface area contributed by atoms with Crippen LogP contribution in [0, 0.1) is 0 Å². The lowest BCUT2D eigenvalue weighted by atomic mass is 10.0. The number of pyridine rings is 1. The minimum atomic E-state index is 0.136. The smallest absolute Gasteiger partial charge is 0.209 e. The largest absolute Gasteiger partial charge is 0.378 e. The van der Waals surface area contributed by atoms with E-state index in [0.29, 0.717) is 5.25 Å². The van der Waals surface area contributed by atoms with Crippen LogP contribution in [0.15, 0.2) is 28.9 Å². The molecule has 2 atom stereocenters. The quantitative estimate of drug-likeness (QED) is 0.827. The SMILES string of the molecule is c1cncc(C2CC(Sc3nnc(N4CCOCC4)s3)CCO2)c1. The zero-order valence-corrected chi connectivity index (χ0v) is 15.0. The summed E-state index contributed by atoms with van der Waals surface area (Å²) < 4.78 is 12.4. The van der Waals surface area contributed by atoms with Gasteiger partial charge in [-0.25, -0.2) is 0 Å². The Morgan fingerprint density at radius 3 is 2.96 bits per heavy atom. The topological polar surface area (TPSA) is 60.4 Å². The van der Waals surface area contributed by atoms with Gasteiger partial charge in [-0.1, -0.05) is 29.2 Å². The summed E-state index contributed by atoms with van der Waals surface area (Å²) in [5, 5.41) is 10.3. The van der Waals surface area contributed by atoms with Gasteiger partial charge in [-0.15, -0.1) is 10.2 Å². The number of anilines is 1. The van der Waals surface area contributed by atoms with Crippen LogP contribution in [0.3, 0.4) is 0 Å². The van der Waals surface area contributed by atoms with Gasteiger partial charge in [0.2, 0.25) is 5.13 Å². The maximum atomic E-state index is 5.92. The maximum absolute atomic E-state index is 5.92. The first-order chi connectivity index (χ1) is 11.9. The highest BCUT2D eigenvalue weighted by Gasteiger charge is 2.26. The fraction of sp³-hybridized carbons (Fsp3) is 0.562. The van der Waals surface area contributed by atoms with Crippen LogP contribution in [0.1, 0.15) is 24.5 Å². The molecule has 4 heterocycles. The fourth-order valence-corrected chi connectivity index (χ4v) is 5.26. The van der Waals surface area contributed by atoms with Crippen LogP contribution in [0.4, 0.5) is 5.13 Å². The molecule has 24 heavy (non-hydrogen) atoms. The van der Waals surface area contributed by atoms with Crippen molar-refractivity contribution in [2.45, 2.75) is 28.5 Å². The third-order valence-electron chi connectivity index (χ3n) is 4.24. The Bertz CT molecular complexity index is 649. The van der Waals surface area contributed by atoms with Gasteiger partial charge in [-0.3, -0.25) is 4.98 Å². The van der Waals surface area contributed by atoms with Crippen molar-refractivity contribution < 1.29 is 9.47 Å². The van der Waals surface area contributed by atoms with Gasteiger partial charge in [-0.2, -0.15) is 0 Å². The molecule has 0 N–H and O–H groups in total. The molecule has 0 aromatic carbocycles. The van der Waals surface area contributed by atoms with Crippen molar-refractivity contribution in [1.82, 2.24) is 15.2 Å². The highest BCUT2D eigenvalue weighted by atomic mass is 32.2. The number of hydrogen-bond donors (Lipinski definition) is 0. The Morgan fingerprint density at radius 1 is 1.21 bits per heavy atom. The van der Waals surface area contributed by atoms with Crippen molar-refractivity contribution in [3.05, 3.63) is 30.1 Å². The Hall–Kier alpha value is -1.22. The van der Waals surface area contributed by atoms with E-state index in [1.165, 1.54) is 0 Å². The molecule has 0 aliphatic carbocycles. The molecule has 4 rings (SSSR count). The standard InChI is InChI=1S/C16H20N4O2S2/c1-2-12(11-17-4-1)14-10-13(3-7-22-14)23-16-19-18-15(24-16)20-5-8-21-9-6-20/h1-2,4,11,13-14H,3,5-10H2. The van der Waals surface area contributed by atoms with Gasteiger partial charge in [0.15, 0.2) is 4.34 Å². The van der Waals surface area contributed by atoms with Crippen molar-refractivity contribution in [3.8, 4) is 0 Å². The third-order valence-corrected chi connectivity index (χ3v) is 6.60. The summed E-state index contributed by atoms with van der Waals surface area (Å²) in [6, 6.07) is 4.06. The summed E-state index contributed by atoms with van der Waals surface area (Å²) in [4.78, 5) is 6.46. The normalized spacial score (nSPS) is 24.9. The van der Waals surface area contributed by atoms with Crippen molar-refractivity contribution in [3.63, 3.8) is 0 Å². The number of rotatable bonds is 4. The van der Waals surface area contributed by atoms with Crippen LogP contribution < -0.4 is 4.90 Å². The van der Waals surface area contributed by atoms with E-state index in [1.807, 2.05) is 24.0 Å². The van der Waals surface area contributed by atoms with E-state index >= 15 is 0 Å². The monoisotopic (exact) mass is 364 g/mol. The van der Waals surface area contributed by atoms with Crippen LogP contribution in [-0.2, 0) is 9.47 Å². The Labute approximate surface area is 149 Å². The van der Waals surface area contributed by atoms with Crippen LogP contribution in [-0.4, -0.2) is 53.3 Å². The van der Waals surface area contributed by atoms with E-state index in [1.54, 1.807) is 17.5 Å². The van der Waals surface area contributed by atoms with E-state index in [9.17, 15) is 0 Å².